The third-order valence-electron chi connectivity index (χ3n) is 3.96. The molecule has 27 heavy (non-hydrogen) atoms. The van der Waals surface area contributed by atoms with Crippen LogP contribution in [-0.4, -0.2) is 23.5 Å². The van der Waals surface area contributed by atoms with Gasteiger partial charge in [-0.05, 0) is 45.4 Å². The summed E-state index contributed by atoms with van der Waals surface area (Å²) in [5.74, 6) is 0.862. The fraction of sp³-hybridized carbons (Fsp3) is 0.316. The summed E-state index contributed by atoms with van der Waals surface area (Å²) in [5, 5.41) is 5.93. The van der Waals surface area contributed by atoms with Gasteiger partial charge in [-0.15, -0.1) is 22.7 Å². The number of aromatic nitrogens is 1. The number of amides is 1. The lowest BCUT2D eigenvalue weighted by Gasteiger charge is -2.06. The summed E-state index contributed by atoms with van der Waals surface area (Å²) in [5.41, 5.74) is 1.92. The Morgan fingerprint density at radius 1 is 1.26 bits per heavy atom. The Hall–Kier alpha value is -2.45. The minimum absolute atomic E-state index is 0.119. The maximum absolute atomic E-state index is 12.5. The highest BCUT2D eigenvalue weighted by Crippen LogP contribution is 2.33. The lowest BCUT2D eigenvalue weighted by atomic mass is 10.1. The van der Waals surface area contributed by atoms with Crippen molar-refractivity contribution in [1.29, 1.82) is 0 Å². The second-order valence-electron chi connectivity index (χ2n) is 5.99. The van der Waals surface area contributed by atoms with Crippen molar-refractivity contribution in [1.82, 2.24) is 4.98 Å². The smallest absolute Gasteiger partial charge is 0.341 e. The number of esters is 1. The highest BCUT2D eigenvalue weighted by Gasteiger charge is 2.22. The molecule has 3 aromatic heterocycles. The zero-order valence-electron chi connectivity index (χ0n) is 15.5. The van der Waals surface area contributed by atoms with Crippen LogP contribution in [0.2, 0.25) is 0 Å². The van der Waals surface area contributed by atoms with E-state index in [0.29, 0.717) is 22.0 Å². The summed E-state index contributed by atoms with van der Waals surface area (Å²) in [7, 11) is 0. The number of nitrogens with one attached hydrogen (secondary N) is 1. The van der Waals surface area contributed by atoms with Crippen LogP contribution in [0.4, 0.5) is 5.00 Å². The van der Waals surface area contributed by atoms with Gasteiger partial charge in [-0.1, -0.05) is 0 Å². The van der Waals surface area contributed by atoms with Gasteiger partial charge in [0.05, 0.1) is 24.3 Å². The van der Waals surface area contributed by atoms with Crippen molar-refractivity contribution in [3.63, 3.8) is 0 Å². The minimum atomic E-state index is -0.418. The van der Waals surface area contributed by atoms with E-state index in [9.17, 15) is 9.59 Å². The van der Waals surface area contributed by atoms with E-state index >= 15 is 0 Å². The quantitative estimate of drug-likeness (QED) is 0.600. The normalized spacial score (nSPS) is 10.8. The van der Waals surface area contributed by atoms with Gasteiger partial charge < -0.3 is 14.5 Å². The monoisotopic (exact) mass is 404 g/mol. The molecule has 0 bridgehead atoms. The van der Waals surface area contributed by atoms with Crippen molar-refractivity contribution in [3.05, 3.63) is 45.0 Å². The molecule has 0 aliphatic carbocycles. The number of ether oxygens (including phenoxy) is 1. The van der Waals surface area contributed by atoms with Crippen LogP contribution in [0.1, 0.15) is 39.2 Å². The van der Waals surface area contributed by atoms with Crippen molar-refractivity contribution in [2.75, 3.05) is 11.9 Å². The second kappa shape index (κ2) is 8.06. The van der Waals surface area contributed by atoms with Gasteiger partial charge in [-0.25, -0.2) is 9.78 Å². The second-order valence-corrected chi connectivity index (χ2v) is 8.07. The first-order valence-corrected chi connectivity index (χ1v) is 10.2. The van der Waals surface area contributed by atoms with Crippen LogP contribution in [-0.2, 0) is 16.0 Å². The van der Waals surface area contributed by atoms with Gasteiger partial charge in [0.15, 0.2) is 10.8 Å². The first kappa shape index (κ1) is 19.3. The van der Waals surface area contributed by atoms with Crippen LogP contribution in [0.5, 0.6) is 0 Å². The van der Waals surface area contributed by atoms with E-state index in [0.717, 1.165) is 21.2 Å². The van der Waals surface area contributed by atoms with Crippen LogP contribution in [0, 0.1) is 20.8 Å². The number of hydrogen-bond acceptors (Lipinski definition) is 7. The Morgan fingerprint density at radius 3 is 2.70 bits per heavy atom. The van der Waals surface area contributed by atoms with Gasteiger partial charge in [-0.3, -0.25) is 4.79 Å². The fourth-order valence-electron chi connectivity index (χ4n) is 2.55. The van der Waals surface area contributed by atoms with Crippen molar-refractivity contribution in [3.8, 4) is 10.8 Å². The van der Waals surface area contributed by atoms with E-state index in [4.69, 9.17) is 9.15 Å². The average molecular weight is 405 g/mol. The summed E-state index contributed by atoms with van der Waals surface area (Å²) in [6.07, 6.45) is 0.119. The van der Waals surface area contributed by atoms with Crippen molar-refractivity contribution >= 4 is 39.6 Å². The average Bonchev–Trinajstić information content (AvgIpc) is 3.29. The lowest BCUT2D eigenvalue weighted by Crippen LogP contribution is -2.16. The zero-order valence-corrected chi connectivity index (χ0v) is 17.2. The Labute approximate surface area is 165 Å². The van der Waals surface area contributed by atoms with Gasteiger partial charge in [0.25, 0.3) is 0 Å². The molecule has 0 radical (unpaired) electrons. The van der Waals surface area contributed by atoms with E-state index in [1.54, 1.807) is 6.92 Å². The Bertz CT molecular complexity index is 984. The van der Waals surface area contributed by atoms with E-state index in [2.05, 4.69) is 10.3 Å². The summed E-state index contributed by atoms with van der Waals surface area (Å²) in [4.78, 5) is 30.1. The number of thiophene rings is 1. The molecule has 6 nitrogen and oxygen atoms in total. The Balaban J connectivity index is 1.72. The highest BCUT2D eigenvalue weighted by molar-refractivity contribution is 7.16. The van der Waals surface area contributed by atoms with Crippen LogP contribution in [0.25, 0.3) is 10.8 Å². The summed E-state index contributed by atoms with van der Waals surface area (Å²) in [6, 6.07) is 3.74. The lowest BCUT2D eigenvalue weighted by molar-refractivity contribution is -0.115. The highest BCUT2D eigenvalue weighted by atomic mass is 32.1. The molecule has 1 N–H and O–H groups in total. The molecule has 142 valence electrons. The third-order valence-corrected chi connectivity index (χ3v) is 5.99. The van der Waals surface area contributed by atoms with Gasteiger partial charge in [0.2, 0.25) is 5.91 Å². The molecule has 3 aromatic rings. The standard InChI is InChI=1S/C19H20N2O4S2/c1-5-24-19(23)16-11(3)12(4)27-18(16)21-15(22)8-13-9-26-17(20-13)14-7-6-10(2)25-14/h6-7,9H,5,8H2,1-4H3,(H,21,22). The maximum atomic E-state index is 12.5. The predicted molar refractivity (Wildman–Crippen MR) is 107 cm³/mol. The van der Waals surface area contributed by atoms with E-state index < -0.39 is 5.97 Å². The largest absolute Gasteiger partial charge is 0.462 e. The zero-order chi connectivity index (χ0) is 19.6. The Kier molecular flexibility index (Phi) is 5.76. The molecular weight excluding hydrogens is 384 g/mol. The van der Waals surface area contributed by atoms with Crippen LogP contribution >= 0.6 is 22.7 Å². The summed E-state index contributed by atoms with van der Waals surface area (Å²) < 4.78 is 10.7. The number of anilines is 1. The molecule has 0 fully saturated rings. The Morgan fingerprint density at radius 2 is 2.04 bits per heavy atom. The van der Waals surface area contributed by atoms with Crippen LogP contribution in [0.15, 0.2) is 21.9 Å². The minimum Gasteiger partial charge on any atom is -0.462 e. The van der Waals surface area contributed by atoms with E-state index in [1.807, 2.05) is 38.3 Å². The number of hydrogen-bond donors (Lipinski definition) is 1. The van der Waals surface area contributed by atoms with Gasteiger partial charge >= 0.3 is 5.97 Å². The summed E-state index contributed by atoms with van der Waals surface area (Å²) in [6.45, 7) is 7.68. The molecule has 0 aliphatic heterocycles. The number of rotatable bonds is 6. The molecular formula is C19H20N2O4S2. The van der Waals surface area contributed by atoms with Crippen LogP contribution in [0.3, 0.4) is 0 Å². The molecule has 3 rings (SSSR count). The fourth-order valence-corrected chi connectivity index (χ4v) is 4.39. The van der Waals surface area contributed by atoms with Gasteiger partial charge in [-0.2, -0.15) is 0 Å². The van der Waals surface area contributed by atoms with E-state index in [-0.39, 0.29) is 18.9 Å². The molecule has 0 aromatic carbocycles. The number of thiazole rings is 1. The number of carbonyl (C=O) groups excluding carboxylic acids is 2. The van der Waals surface area contributed by atoms with Crippen molar-refractivity contribution in [2.45, 2.75) is 34.1 Å². The predicted octanol–water partition coefficient (Wildman–Crippen LogP) is 4.75. The topological polar surface area (TPSA) is 81.4 Å². The third kappa shape index (κ3) is 4.28. The first-order chi connectivity index (χ1) is 12.9. The molecule has 0 aliphatic rings. The molecule has 0 saturated carbocycles. The molecule has 1 amide bonds. The van der Waals surface area contributed by atoms with E-state index in [1.165, 1.54) is 22.7 Å². The SMILES string of the molecule is CCOC(=O)c1c(NC(=O)Cc2csc(-c3ccc(C)o3)n2)sc(C)c1C. The van der Waals surface area contributed by atoms with Crippen LogP contribution < -0.4 is 5.32 Å². The molecule has 0 saturated heterocycles. The van der Waals surface area contributed by atoms with Gasteiger partial charge in [0, 0.05) is 10.3 Å². The van der Waals surface area contributed by atoms with Crippen molar-refractivity contribution in [2.24, 2.45) is 0 Å². The molecule has 3 heterocycles. The molecule has 0 unspecified atom stereocenters. The number of nitrogens with zero attached hydrogens (tertiary/aromatic N) is 1. The number of carbonyl (C=O) groups is 2. The number of furan rings is 1. The maximum Gasteiger partial charge on any atom is 0.341 e. The van der Waals surface area contributed by atoms with Gasteiger partial charge in [0.1, 0.15) is 10.8 Å². The number of aryl methyl sites for hydroxylation is 2. The molecule has 0 spiro atoms. The summed E-state index contributed by atoms with van der Waals surface area (Å²) >= 11 is 2.80. The van der Waals surface area contributed by atoms with Crippen molar-refractivity contribution < 1.29 is 18.7 Å². The first-order valence-electron chi connectivity index (χ1n) is 8.47. The molecule has 0 atom stereocenters. The molecule has 8 heteroatoms.